The summed E-state index contributed by atoms with van der Waals surface area (Å²) in [5, 5.41) is 8.85. The molecule has 1 aromatic heterocycles. The average Bonchev–Trinajstić information content (AvgIpc) is 2.73. The van der Waals surface area contributed by atoms with E-state index in [0.717, 1.165) is 12.8 Å². The highest BCUT2D eigenvalue weighted by Gasteiger charge is 2.14. The molecule has 0 aromatic carbocycles. The van der Waals surface area contributed by atoms with Crippen molar-refractivity contribution in [3.8, 4) is 0 Å². The first kappa shape index (κ1) is 14.2. The average molecular weight is 260 g/mol. The number of aromatic amines is 1. The molecular formula is C11H20N2O3S. The minimum Gasteiger partial charge on any atom is -0.390 e. The molecule has 3 N–H and O–H groups in total. The summed E-state index contributed by atoms with van der Waals surface area (Å²) in [6, 6.07) is 1.44. The maximum absolute atomic E-state index is 11.8. The molecule has 0 spiro atoms. The Morgan fingerprint density at radius 1 is 1.47 bits per heavy atom. The molecule has 0 fully saturated rings. The second kappa shape index (κ2) is 6.18. The van der Waals surface area contributed by atoms with Crippen LogP contribution >= 0.6 is 0 Å². The second-order valence-electron chi connectivity index (χ2n) is 4.45. The number of rotatable bonds is 7. The summed E-state index contributed by atoms with van der Waals surface area (Å²) in [7, 11) is -3.44. The largest absolute Gasteiger partial charge is 0.390 e. The van der Waals surface area contributed by atoms with E-state index in [-0.39, 0.29) is 11.5 Å². The van der Waals surface area contributed by atoms with Crippen molar-refractivity contribution in [2.75, 3.05) is 6.54 Å². The standard InChI is InChI=1S/C11H20N2O3S/c1-9(2)4-3-5-13-17(15,16)11-6-10(8-14)12-7-11/h6-7,9,12-14H,3-5,8H2,1-2H3. The Bertz CT molecular complexity index is 437. The van der Waals surface area contributed by atoms with Crippen molar-refractivity contribution in [3.05, 3.63) is 18.0 Å². The molecule has 0 saturated heterocycles. The van der Waals surface area contributed by atoms with Gasteiger partial charge in [0.25, 0.3) is 0 Å². The van der Waals surface area contributed by atoms with Crippen LogP contribution in [0.2, 0.25) is 0 Å². The first-order chi connectivity index (χ1) is 7.95. The van der Waals surface area contributed by atoms with Crippen LogP contribution in [0.4, 0.5) is 0 Å². The van der Waals surface area contributed by atoms with Crippen LogP contribution in [0.5, 0.6) is 0 Å². The molecule has 0 bridgehead atoms. The fourth-order valence-corrected chi connectivity index (χ4v) is 2.56. The van der Waals surface area contributed by atoms with Gasteiger partial charge in [0.1, 0.15) is 0 Å². The zero-order chi connectivity index (χ0) is 12.9. The van der Waals surface area contributed by atoms with Crippen molar-refractivity contribution in [2.45, 2.75) is 38.2 Å². The van der Waals surface area contributed by atoms with E-state index in [1.165, 1.54) is 12.3 Å². The van der Waals surface area contributed by atoms with Gasteiger partial charge in [-0.3, -0.25) is 0 Å². The number of hydrogen-bond acceptors (Lipinski definition) is 3. The van der Waals surface area contributed by atoms with Crippen LogP contribution in [0.15, 0.2) is 17.2 Å². The Morgan fingerprint density at radius 3 is 2.71 bits per heavy atom. The van der Waals surface area contributed by atoms with Crippen LogP contribution in [0.25, 0.3) is 0 Å². The molecule has 5 nitrogen and oxygen atoms in total. The molecule has 98 valence electrons. The summed E-state index contributed by atoms with van der Waals surface area (Å²) in [4.78, 5) is 2.87. The fraction of sp³-hybridized carbons (Fsp3) is 0.636. The van der Waals surface area contributed by atoms with E-state index < -0.39 is 10.0 Å². The third-order valence-electron chi connectivity index (χ3n) is 2.45. The number of aliphatic hydroxyl groups excluding tert-OH is 1. The molecule has 0 unspecified atom stereocenters. The third kappa shape index (κ3) is 4.49. The molecule has 0 saturated carbocycles. The molecule has 1 rings (SSSR count). The van der Waals surface area contributed by atoms with Gasteiger partial charge in [-0.1, -0.05) is 13.8 Å². The number of sulfonamides is 1. The number of aromatic nitrogens is 1. The summed E-state index contributed by atoms with van der Waals surface area (Å²) in [5.74, 6) is 0.577. The van der Waals surface area contributed by atoms with Crippen molar-refractivity contribution in [2.24, 2.45) is 5.92 Å². The van der Waals surface area contributed by atoms with Crippen molar-refractivity contribution < 1.29 is 13.5 Å². The van der Waals surface area contributed by atoms with Crippen molar-refractivity contribution in [3.63, 3.8) is 0 Å². The van der Waals surface area contributed by atoms with Gasteiger partial charge in [-0.15, -0.1) is 0 Å². The molecule has 0 aliphatic carbocycles. The fourth-order valence-electron chi connectivity index (χ4n) is 1.47. The Morgan fingerprint density at radius 2 is 2.18 bits per heavy atom. The van der Waals surface area contributed by atoms with E-state index >= 15 is 0 Å². The van der Waals surface area contributed by atoms with Crippen molar-refractivity contribution in [1.82, 2.24) is 9.71 Å². The molecule has 1 aromatic rings. The molecule has 0 atom stereocenters. The first-order valence-electron chi connectivity index (χ1n) is 5.73. The normalized spacial score (nSPS) is 12.2. The quantitative estimate of drug-likeness (QED) is 0.645. The molecule has 17 heavy (non-hydrogen) atoms. The lowest BCUT2D eigenvalue weighted by Crippen LogP contribution is -2.24. The Kier molecular flexibility index (Phi) is 5.17. The van der Waals surface area contributed by atoms with E-state index in [0.29, 0.717) is 18.2 Å². The van der Waals surface area contributed by atoms with E-state index in [1.807, 2.05) is 0 Å². The number of H-pyrrole nitrogens is 1. The van der Waals surface area contributed by atoms with Crippen LogP contribution in [-0.2, 0) is 16.6 Å². The van der Waals surface area contributed by atoms with Gasteiger partial charge in [0.2, 0.25) is 10.0 Å². The van der Waals surface area contributed by atoms with Gasteiger partial charge in [0.05, 0.1) is 11.5 Å². The van der Waals surface area contributed by atoms with Gasteiger partial charge >= 0.3 is 0 Å². The Balaban J connectivity index is 2.51. The molecular weight excluding hydrogens is 240 g/mol. The van der Waals surface area contributed by atoms with E-state index in [4.69, 9.17) is 5.11 Å². The number of hydrogen-bond donors (Lipinski definition) is 3. The predicted molar refractivity (Wildman–Crippen MR) is 66.0 cm³/mol. The van der Waals surface area contributed by atoms with E-state index in [2.05, 4.69) is 23.6 Å². The highest BCUT2D eigenvalue weighted by molar-refractivity contribution is 7.89. The summed E-state index contributed by atoms with van der Waals surface area (Å²) in [5.41, 5.74) is 0.493. The van der Waals surface area contributed by atoms with Gasteiger partial charge in [-0.2, -0.15) is 0 Å². The maximum Gasteiger partial charge on any atom is 0.242 e. The van der Waals surface area contributed by atoms with Gasteiger partial charge in [0, 0.05) is 18.4 Å². The molecule has 0 amide bonds. The number of nitrogens with one attached hydrogen (secondary N) is 2. The minimum atomic E-state index is -3.44. The first-order valence-corrected chi connectivity index (χ1v) is 7.22. The van der Waals surface area contributed by atoms with Gasteiger partial charge < -0.3 is 10.1 Å². The maximum atomic E-state index is 11.8. The zero-order valence-electron chi connectivity index (χ0n) is 10.2. The highest BCUT2D eigenvalue weighted by atomic mass is 32.2. The summed E-state index contributed by atoms with van der Waals surface area (Å²) >= 11 is 0. The summed E-state index contributed by atoms with van der Waals surface area (Å²) in [6.45, 7) is 4.46. The minimum absolute atomic E-state index is 0.172. The Hall–Kier alpha value is -0.850. The monoisotopic (exact) mass is 260 g/mol. The third-order valence-corrected chi connectivity index (χ3v) is 3.89. The smallest absolute Gasteiger partial charge is 0.242 e. The predicted octanol–water partition coefficient (Wildman–Crippen LogP) is 1.22. The lowest BCUT2D eigenvalue weighted by atomic mass is 10.1. The number of aliphatic hydroxyl groups is 1. The lowest BCUT2D eigenvalue weighted by molar-refractivity contribution is 0.277. The van der Waals surface area contributed by atoms with Crippen LogP contribution in [-0.4, -0.2) is 25.1 Å². The van der Waals surface area contributed by atoms with E-state index in [9.17, 15) is 8.42 Å². The van der Waals surface area contributed by atoms with Gasteiger partial charge in [-0.25, -0.2) is 13.1 Å². The van der Waals surface area contributed by atoms with Crippen molar-refractivity contribution >= 4 is 10.0 Å². The molecule has 1 heterocycles. The van der Waals surface area contributed by atoms with Crippen LogP contribution in [0.1, 0.15) is 32.4 Å². The topological polar surface area (TPSA) is 82.2 Å². The molecule has 0 aliphatic heterocycles. The SMILES string of the molecule is CC(C)CCCNS(=O)(=O)c1c[nH]c(CO)c1. The summed E-state index contributed by atoms with van der Waals surface area (Å²) in [6.07, 6.45) is 3.21. The second-order valence-corrected chi connectivity index (χ2v) is 6.22. The lowest BCUT2D eigenvalue weighted by Gasteiger charge is -2.06. The zero-order valence-corrected chi connectivity index (χ0v) is 11.0. The Labute approximate surface area is 102 Å². The van der Waals surface area contributed by atoms with Crippen LogP contribution in [0.3, 0.4) is 0 Å². The van der Waals surface area contributed by atoms with Gasteiger partial charge in [-0.05, 0) is 24.8 Å². The summed E-state index contributed by atoms with van der Waals surface area (Å²) < 4.78 is 26.1. The molecule has 0 aliphatic rings. The van der Waals surface area contributed by atoms with Crippen molar-refractivity contribution in [1.29, 1.82) is 0 Å². The van der Waals surface area contributed by atoms with E-state index in [1.54, 1.807) is 0 Å². The highest BCUT2D eigenvalue weighted by Crippen LogP contribution is 2.11. The van der Waals surface area contributed by atoms with Crippen LogP contribution in [0, 0.1) is 5.92 Å². The molecule has 0 radical (unpaired) electrons. The van der Waals surface area contributed by atoms with Crippen LogP contribution < -0.4 is 4.72 Å². The van der Waals surface area contributed by atoms with Gasteiger partial charge in [0.15, 0.2) is 0 Å². The molecule has 6 heteroatoms.